The van der Waals surface area contributed by atoms with E-state index in [1.165, 1.54) is 30.6 Å². The van der Waals surface area contributed by atoms with Gasteiger partial charge in [-0.2, -0.15) is 0 Å². The largest absolute Gasteiger partial charge is 0.348 e. The van der Waals surface area contributed by atoms with Crippen LogP contribution in [-0.2, 0) is 0 Å². The highest BCUT2D eigenvalue weighted by Crippen LogP contribution is 2.38. The molecule has 1 atom stereocenters. The lowest BCUT2D eigenvalue weighted by atomic mass is 9.70. The maximum absolute atomic E-state index is 11.9. The van der Waals surface area contributed by atoms with Crippen molar-refractivity contribution in [1.29, 1.82) is 0 Å². The number of piperidine rings is 1. The number of hydrogen-bond acceptors (Lipinski definition) is 4. The average molecular weight is 251 g/mol. The number of amides is 1. The van der Waals surface area contributed by atoms with Crippen molar-refractivity contribution >= 4 is 17.2 Å². The van der Waals surface area contributed by atoms with Gasteiger partial charge in [0.2, 0.25) is 0 Å². The van der Waals surface area contributed by atoms with Gasteiger partial charge in [0, 0.05) is 17.0 Å². The molecule has 0 bridgehead atoms. The highest BCUT2D eigenvalue weighted by atomic mass is 32.1. The zero-order valence-corrected chi connectivity index (χ0v) is 10.6. The van der Waals surface area contributed by atoms with Crippen molar-refractivity contribution in [3.8, 4) is 0 Å². The minimum Gasteiger partial charge on any atom is -0.348 e. The minimum atomic E-state index is -0.0207. The van der Waals surface area contributed by atoms with Gasteiger partial charge in [-0.15, -0.1) is 11.3 Å². The third-order valence-electron chi connectivity index (χ3n) is 3.94. The average Bonchev–Trinajstić information content (AvgIpc) is 2.81. The van der Waals surface area contributed by atoms with Crippen LogP contribution in [0.1, 0.15) is 42.6 Å². The van der Waals surface area contributed by atoms with Crippen molar-refractivity contribution in [3.63, 3.8) is 0 Å². The molecule has 3 rings (SSSR count). The maximum Gasteiger partial charge on any atom is 0.270 e. The molecular formula is C12H17N3OS. The van der Waals surface area contributed by atoms with Crippen molar-refractivity contribution in [2.24, 2.45) is 0 Å². The van der Waals surface area contributed by atoms with Gasteiger partial charge in [-0.1, -0.05) is 0 Å². The van der Waals surface area contributed by atoms with Crippen molar-refractivity contribution in [2.75, 3.05) is 6.54 Å². The molecule has 92 valence electrons. The summed E-state index contributed by atoms with van der Waals surface area (Å²) in [5, 5.41) is 8.52. The van der Waals surface area contributed by atoms with Crippen LogP contribution in [0.3, 0.4) is 0 Å². The van der Waals surface area contributed by atoms with E-state index in [2.05, 4.69) is 15.6 Å². The van der Waals surface area contributed by atoms with E-state index in [4.69, 9.17) is 0 Å². The molecule has 2 N–H and O–H groups in total. The number of nitrogens with one attached hydrogen (secondary N) is 2. The first-order valence-corrected chi connectivity index (χ1v) is 7.16. The van der Waals surface area contributed by atoms with Gasteiger partial charge in [0.1, 0.15) is 5.69 Å². The third-order valence-corrected chi connectivity index (χ3v) is 4.53. The summed E-state index contributed by atoms with van der Waals surface area (Å²) in [5.41, 5.74) is 2.58. The second-order valence-corrected chi connectivity index (χ2v) is 5.82. The SMILES string of the molecule is O=C(NC1CCNC2(CCC2)C1)c1cscn1. The third kappa shape index (κ3) is 2.21. The molecule has 1 unspecified atom stereocenters. The van der Waals surface area contributed by atoms with Crippen LogP contribution in [0.4, 0.5) is 0 Å². The number of aromatic nitrogens is 1. The molecule has 1 aromatic rings. The molecule has 5 heteroatoms. The van der Waals surface area contributed by atoms with E-state index in [0.717, 1.165) is 19.4 Å². The van der Waals surface area contributed by atoms with Gasteiger partial charge >= 0.3 is 0 Å². The summed E-state index contributed by atoms with van der Waals surface area (Å²) >= 11 is 1.46. The van der Waals surface area contributed by atoms with Crippen LogP contribution in [0.2, 0.25) is 0 Å². The Kier molecular flexibility index (Phi) is 2.88. The lowest BCUT2D eigenvalue weighted by Crippen LogP contribution is -2.59. The monoisotopic (exact) mass is 251 g/mol. The molecule has 2 aliphatic rings. The van der Waals surface area contributed by atoms with Crippen LogP contribution in [0.15, 0.2) is 10.9 Å². The van der Waals surface area contributed by atoms with E-state index >= 15 is 0 Å². The van der Waals surface area contributed by atoms with Crippen LogP contribution in [0.25, 0.3) is 0 Å². The minimum absolute atomic E-state index is 0.0207. The van der Waals surface area contributed by atoms with Crippen molar-refractivity contribution in [1.82, 2.24) is 15.6 Å². The standard InChI is InChI=1S/C12H17N3OS/c16-11(10-7-17-8-13-10)15-9-2-5-14-12(6-9)3-1-4-12/h7-9,14H,1-6H2,(H,15,16). The predicted molar refractivity (Wildman–Crippen MR) is 67.2 cm³/mol. The Morgan fingerprint density at radius 1 is 1.59 bits per heavy atom. The summed E-state index contributed by atoms with van der Waals surface area (Å²) in [4.78, 5) is 15.9. The summed E-state index contributed by atoms with van der Waals surface area (Å²) < 4.78 is 0. The molecule has 17 heavy (non-hydrogen) atoms. The summed E-state index contributed by atoms with van der Waals surface area (Å²) in [6.45, 7) is 1.02. The Morgan fingerprint density at radius 2 is 2.47 bits per heavy atom. The predicted octanol–water partition coefficient (Wildman–Crippen LogP) is 1.55. The number of carbonyl (C=O) groups is 1. The Bertz CT molecular complexity index is 400. The van der Waals surface area contributed by atoms with E-state index in [1.807, 2.05) is 0 Å². The van der Waals surface area contributed by atoms with Gasteiger partial charge < -0.3 is 10.6 Å². The smallest absolute Gasteiger partial charge is 0.270 e. The van der Waals surface area contributed by atoms with E-state index in [9.17, 15) is 4.79 Å². The lowest BCUT2D eigenvalue weighted by molar-refractivity contribution is 0.0849. The summed E-state index contributed by atoms with van der Waals surface area (Å²) in [6, 6.07) is 0.311. The van der Waals surface area contributed by atoms with E-state index in [1.54, 1.807) is 10.9 Å². The zero-order valence-electron chi connectivity index (χ0n) is 9.74. The summed E-state index contributed by atoms with van der Waals surface area (Å²) in [5.74, 6) is -0.0207. The Balaban J connectivity index is 1.60. The van der Waals surface area contributed by atoms with E-state index < -0.39 is 0 Å². The molecule has 2 fully saturated rings. The molecule has 1 aliphatic heterocycles. The normalized spacial score (nSPS) is 26.5. The Morgan fingerprint density at radius 3 is 3.12 bits per heavy atom. The molecule has 0 aromatic carbocycles. The fourth-order valence-corrected chi connectivity index (χ4v) is 3.38. The number of rotatable bonds is 2. The summed E-state index contributed by atoms with van der Waals surface area (Å²) in [7, 11) is 0. The molecule has 4 nitrogen and oxygen atoms in total. The topological polar surface area (TPSA) is 54.0 Å². The van der Waals surface area contributed by atoms with Crippen molar-refractivity contribution in [3.05, 3.63) is 16.6 Å². The number of nitrogens with zero attached hydrogens (tertiary/aromatic N) is 1. The first-order valence-electron chi connectivity index (χ1n) is 6.22. The van der Waals surface area contributed by atoms with Crippen molar-refractivity contribution < 1.29 is 4.79 Å². The summed E-state index contributed by atoms with van der Waals surface area (Å²) in [6.07, 6.45) is 5.94. The number of carbonyl (C=O) groups excluding carboxylic acids is 1. The molecule has 1 saturated carbocycles. The second-order valence-electron chi connectivity index (χ2n) is 5.10. The first-order chi connectivity index (χ1) is 8.27. The molecule has 1 spiro atoms. The highest BCUT2D eigenvalue weighted by Gasteiger charge is 2.41. The molecular weight excluding hydrogens is 234 g/mol. The van der Waals surface area contributed by atoms with Gasteiger partial charge in [0.05, 0.1) is 5.51 Å². The quantitative estimate of drug-likeness (QED) is 0.838. The van der Waals surface area contributed by atoms with Gasteiger partial charge in [0.15, 0.2) is 0 Å². The first kappa shape index (κ1) is 11.2. The fraction of sp³-hybridized carbons (Fsp3) is 0.667. The van der Waals surface area contributed by atoms with E-state index in [-0.39, 0.29) is 5.91 Å². The molecule has 2 heterocycles. The van der Waals surface area contributed by atoms with Gasteiger partial charge in [-0.3, -0.25) is 4.79 Å². The highest BCUT2D eigenvalue weighted by molar-refractivity contribution is 7.07. The second kappa shape index (κ2) is 4.38. The number of hydrogen-bond donors (Lipinski definition) is 2. The van der Waals surface area contributed by atoms with Gasteiger partial charge in [-0.05, 0) is 38.6 Å². The van der Waals surface area contributed by atoms with Crippen LogP contribution >= 0.6 is 11.3 Å². The molecule has 1 aliphatic carbocycles. The van der Waals surface area contributed by atoms with Crippen LogP contribution in [0.5, 0.6) is 0 Å². The Hall–Kier alpha value is -0.940. The molecule has 1 saturated heterocycles. The van der Waals surface area contributed by atoms with Crippen LogP contribution in [-0.4, -0.2) is 29.0 Å². The number of thiazole rings is 1. The fourth-order valence-electron chi connectivity index (χ4n) is 2.85. The van der Waals surface area contributed by atoms with Crippen molar-refractivity contribution in [2.45, 2.75) is 43.7 Å². The molecule has 1 amide bonds. The molecule has 0 radical (unpaired) electrons. The van der Waals surface area contributed by atoms with Crippen LogP contribution in [0, 0.1) is 0 Å². The maximum atomic E-state index is 11.9. The van der Waals surface area contributed by atoms with Gasteiger partial charge in [-0.25, -0.2) is 4.98 Å². The van der Waals surface area contributed by atoms with Crippen LogP contribution < -0.4 is 10.6 Å². The molecule has 1 aromatic heterocycles. The Labute approximate surface area is 105 Å². The zero-order chi connectivity index (χ0) is 11.7. The lowest BCUT2D eigenvalue weighted by Gasteiger charge is -2.48. The van der Waals surface area contributed by atoms with Gasteiger partial charge in [0.25, 0.3) is 5.91 Å². The van der Waals surface area contributed by atoms with E-state index in [0.29, 0.717) is 17.3 Å².